The van der Waals surface area contributed by atoms with E-state index in [4.69, 9.17) is 0 Å². The van der Waals surface area contributed by atoms with Crippen LogP contribution in [-0.2, 0) is 17.9 Å². The van der Waals surface area contributed by atoms with Gasteiger partial charge in [0.2, 0.25) is 5.91 Å². The molecule has 1 N–H and O–H groups in total. The second-order valence-electron chi connectivity index (χ2n) is 4.74. The van der Waals surface area contributed by atoms with Crippen molar-refractivity contribution in [3.8, 4) is 0 Å². The van der Waals surface area contributed by atoms with Crippen LogP contribution >= 0.6 is 0 Å². The lowest BCUT2D eigenvalue weighted by Crippen LogP contribution is -2.41. The molecule has 0 fully saturated rings. The molecule has 108 valence electrons. The number of urea groups is 1. The van der Waals surface area contributed by atoms with Crippen LogP contribution in [0.25, 0.3) is 0 Å². The average molecular weight is 282 g/mol. The van der Waals surface area contributed by atoms with Gasteiger partial charge < -0.3 is 5.32 Å². The van der Waals surface area contributed by atoms with E-state index in [-0.39, 0.29) is 18.5 Å². The number of rotatable bonds is 4. The van der Waals surface area contributed by atoms with Gasteiger partial charge in [-0.05, 0) is 11.1 Å². The summed E-state index contributed by atoms with van der Waals surface area (Å²) in [6.45, 7) is 2.07. The van der Waals surface area contributed by atoms with Crippen LogP contribution in [0.3, 0.4) is 0 Å². The van der Waals surface area contributed by atoms with Gasteiger partial charge in [-0.25, -0.2) is 4.79 Å². The fraction of sp³-hybridized carbons (Fsp3) is 0.176. The first-order chi connectivity index (χ1) is 10.2. The van der Waals surface area contributed by atoms with Crippen LogP contribution < -0.4 is 5.32 Å². The zero-order valence-electron chi connectivity index (χ0n) is 12.0. The first kappa shape index (κ1) is 14.8. The monoisotopic (exact) mass is 282 g/mol. The summed E-state index contributed by atoms with van der Waals surface area (Å²) in [5.74, 6) is -0.274. The standard InChI is InChI=1S/C17H18N2O2/c1-14(20)19(13-16-10-6-3-7-11-16)17(21)18-12-15-8-4-2-5-9-15/h2-11H,12-13H2,1H3,(H,18,21). The summed E-state index contributed by atoms with van der Waals surface area (Å²) >= 11 is 0. The molecule has 21 heavy (non-hydrogen) atoms. The molecule has 4 heteroatoms. The lowest BCUT2D eigenvalue weighted by molar-refractivity contribution is -0.126. The Bertz CT molecular complexity index is 597. The number of carbonyl (C=O) groups excluding carboxylic acids is 2. The molecule has 0 heterocycles. The van der Waals surface area contributed by atoms with Gasteiger partial charge in [0.15, 0.2) is 0 Å². The Balaban J connectivity index is 1.98. The van der Waals surface area contributed by atoms with E-state index < -0.39 is 0 Å². The summed E-state index contributed by atoms with van der Waals surface area (Å²) < 4.78 is 0. The van der Waals surface area contributed by atoms with Crippen LogP contribution in [0.2, 0.25) is 0 Å². The summed E-state index contributed by atoms with van der Waals surface area (Å²) in [5.41, 5.74) is 1.91. The largest absolute Gasteiger partial charge is 0.334 e. The summed E-state index contributed by atoms with van der Waals surface area (Å²) in [7, 11) is 0. The van der Waals surface area contributed by atoms with Gasteiger partial charge in [0.1, 0.15) is 0 Å². The van der Waals surface area contributed by atoms with Gasteiger partial charge in [-0.1, -0.05) is 60.7 Å². The van der Waals surface area contributed by atoms with Crippen molar-refractivity contribution >= 4 is 11.9 Å². The molecule has 0 radical (unpaired) electrons. The van der Waals surface area contributed by atoms with Gasteiger partial charge in [0.25, 0.3) is 0 Å². The fourth-order valence-electron chi connectivity index (χ4n) is 1.96. The molecular formula is C17H18N2O2. The number of hydrogen-bond acceptors (Lipinski definition) is 2. The van der Waals surface area contributed by atoms with Crippen molar-refractivity contribution in [3.05, 3.63) is 71.8 Å². The topological polar surface area (TPSA) is 49.4 Å². The number of benzene rings is 2. The van der Waals surface area contributed by atoms with Crippen molar-refractivity contribution in [1.82, 2.24) is 10.2 Å². The van der Waals surface area contributed by atoms with Crippen molar-refractivity contribution in [1.29, 1.82) is 0 Å². The fourth-order valence-corrected chi connectivity index (χ4v) is 1.96. The maximum absolute atomic E-state index is 12.2. The quantitative estimate of drug-likeness (QED) is 0.937. The number of imide groups is 1. The summed E-state index contributed by atoms with van der Waals surface area (Å²) in [4.78, 5) is 25.0. The highest BCUT2D eigenvalue weighted by molar-refractivity contribution is 5.93. The smallest absolute Gasteiger partial charge is 0.324 e. The Hall–Kier alpha value is -2.62. The van der Waals surface area contributed by atoms with E-state index in [0.717, 1.165) is 11.1 Å². The molecule has 0 bridgehead atoms. The number of amides is 3. The highest BCUT2D eigenvalue weighted by Crippen LogP contribution is 2.06. The van der Waals surface area contributed by atoms with Gasteiger partial charge in [0, 0.05) is 13.5 Å². The van der Waals surface area contributed by atoms with Crippen molar-refractivity contribution in [2.75, 3.05) is 0 Å². The minimum Gasteiger partial charge on any atom is -0.334 e. The molecule has 2 rings (SSSR count). The third-order valence-electron chi connectivity index (χ3n) is 3.10. The van der Waals surface area contributed by atoms with Crippen molar-refractivity contribution in [3.63, 3.8) is 0 Å². The molecule has 0 saturated heterocycles. The minimum absolute atomic E-state index is 0.274. The van der Waals surface area contributed by atoms with Crippen molar-refractivity contribution in [2.24, 2.45) is 0 Å². The summed E-state index contributed by atoms with van der Waals surface area (Å²) in [6, 6.07) is 18.7. The first-order valence-corrected chi connectivity index (χ1v) is 6.80. The van der Waals surface area contributed by atoms with E-state index in [1.54, 1.807) is 0 Å². The number of nitrogens with one attached hydrogen (secondary N) is 1. The lowest BCUT2D eigenvalue weighted by atomic mass is 10.2. The zero-order valence-corrected chi connectivity index (χ0v) is 12.0. The molecular weight excluding hydrogens is 264 g/mol. The van der Waals surface area contributed by atoms with E-state index >= 15 is 0 Å². The van der Waals surface area contributed by atoms with Gasteiger partial charge >= 0.3 is 6.03 Å². The third kappa shape index (κ3) is 4.45. The summed E-state index contributed by atoms with van der Waals surface area (Å²) in [6.07, 6.45) is 0. The van der Waals surface area contributed by atoms with Crippen LogP contribution in [0.1, 0.15) is 18.1 Å². The Morgan fingerprint density at radius 1 is 0.905 bits per heavy atom. The third-order valence-corrected chi connectivity index (χ3v) is 3.10. The summed E-state index contributed by atoms with van der Waals surface area (Å²) in [5, 5.41) is 2.77. The van der Waals surface area contributed by atoms with Crippen LogP contribution in [0, 0.1) is 0 Å². The van der Waals surface area contributed by atoms with E-state index in [9.17, 15) is 9.59 Å². The van der Waals surface area contributed by atoms with E-state index in [0.29, 0.717) is 6.54 Å². The Labute approximate surface area is 124 Å². The van der Waals surface area contributed by atoms with Crippen LogP contribution in [0.5, 0.6) is 0 Å². The molecule has 0 aliphatic carbocycles. The van der Waals surface area contributed by atoms with Crippen LogP contribution in [0.4, 0.5) is 4.79 Å². The molecule has 4 nitrogen and oxygen atoms in total. The highest BCUT2D eigenvalue weighted by atomic mass is 16.2. The van der Waals surface area contributed by atoms with Gasteiger partial charge in [-0.2, -0.15) is 0 Å². The molecule has 0 aliphatic rings. The van der Waals surface area contributed by atoms with E-state index in [1.165, 1.54) is 11.8 Å². The SMILES string of the molecule is CC(=O)N(Cc1ccccc1)C(=O)NCc1ccccc1. The maximum Gasteiger partial charge on any atom is 0.324 e. The van der Waals surface area contributed by atoms with Crippen molar-refractivity contribution in [2.45, 2.75) is 20.0 Å². The first-order valence-electron chi connectivity index (χ1n) is 6.80. The number of carbonyl (C=O) groups is 2. The second-order valence-corrected chi connectivity index (χ2v) is 4.74. The van der Waals surface area contributed by atoms with Crippen molar-refractivity contribution < 1.29 is 9.59 Å². The maximum atomic E-state index is 12.2. The van der Waals surface area contributed by atoms with Crippen LogP contribution in [-0.4, -0.2) is 16.8 Å². The normalized spacial score (nSPS) is 9.95. The molecule has 0 unspecified atom stereocenters. The Morgan fingerprint density at radius 2 is 1.43 bits per heavy atom. The number of nitrogens with zero attached hydrogens (tertiary/aromatic N) is 1. The number of hydrogen-bond donors (Lipinski definition) is 1. The molecule has 2 aromatic rings. The zero-order chi connectivity index (χ0) is 15.1. The molecule has 0 saturated carbocycles. The molecule has 0 atom stereocenters. The van der Waals surface area contributed by atoms with Gasteiger partial charge in [-0.15, -0.1) is 0 Å². The van der Waals surface area contributed by atoms with E-state index in [2.05, 4.69) is 5.32 Å². The van der Waals surface area contributed by atoms with Gasteiger partial charge in [-0.3, -0.25) is 9.69 Å². The predicted molar refractivity (Wildman–Crippen MR) is 81.3 cm³/mol. The Morgan fingerprint density at radius 3 is 1.95 bits per heavy atom. The molecule has 3 amide bonds. The molecule has 0 aliphatic heterocycles. The second kappa shape index (κ2) is 7.24. The highest BCUT2D eigenvalue weighted by Gasteiger charge is 2.17. The Kier molecular flexibility index (Phi) is 5.10. The predicted octanol–water partition coefficient (Wildman–Crippen LogP) is 2.94. The molecule has 0 spiro atoms. The molecule has 2 aromatic carbocycles. The lowest BCUT2D eigenvalue weighted by Gasteiger charge is -2.20. The van der Waals surface area contributed by atoms with Gasteiger partial charge in [0.05, 0.1) is 6.54 Å². The van der Waals surface area contributed by atoms with E-state index in [1.807, 2.05) is 60.7 Å². The molecule has 0 aromatic heterocycles. The van der Waals surface area contributed by atoms with Crippen LogP contribution in [0.15, 0.2) is 60.7 Å². The average Bonchev–Trinajstić information content (AvgIpc) is 2.52. The minimum atomic E-state index is -0.379.